The number of carbonyl (C=O) groups is 1. The van der Waals surface area contributed by atoms with Crippen molar-refractivity contribution in [1.82, 2.24) is 19.4 Å². The molecule has 0 unspecified atom stereocenters. The summed E-state index contributed by atoms with van der Waals surface area (Å²) in [6.07, 6.45) is 8.71. The number of nitrogens with zero attached hydrogens (tertiary/aromatic N) is 4. The summed E-state index contributed by atoms with van der Waals surface area (Å²) in [6, 6.07) is 6.60. The number of carbonyl (C=O) groups excluding carboxylic acids is 1. The molecule has 3 heterocycles. The van der Waals surface area contributed by atoms with Crippen LogP contribution in [0.25, 0.3) is 0 Å². The van der Waals surface area contributed by atoms with Gasteiger partial charge in [0, 0.05) is 31.4 Å². The van der Waals surface area contributed by atoms with Crippen LogP contribution in [-0.2, 0) is 13.5 Å². The number of Topliss-reactive ketones (excluding diaryl/α,β-unsaturated/α-hetero) is 1. The number of rotatable bonds is 6. The topological polar surface area (TPSA) is 51.0 Å². The highest BCUT2D eigenvalue weighted by Crippen LogP contribution is 2.39. The molecular weight excluding hydrogens is 312 g/mol. The van der Waals surface area contributed by atoms with Crippen molar-refractivity contribution >= 4 is 5.78 Å². The smallest absolute Gasteiger partial charge is 0.181 e. The minimum absolute atomic E-state index is 0.0128. The van der Waals surface area contributed by atoms with Crippen LogP contribution < -0.4 is 0 Å². The van der Waals surface area contributed by atoms with Crippen LogP contribution >= 0.6 is 0 Å². The second kappa shape index (κ2) is 7.48. The Morgan fingerprint density at radius 1 is 1.28 bits per heavy atom. The normalized spacial score (nSPS) is 17.8. The number of ketones is 1. The predicted octanol–water partition coefficient (Wildman–Crippen LogP) is 3.12. The summed E-state index contributed by atoms with van der Waals surface area (Å²) in [5, 5.41) is 0. The maximum atomic E-state index is 12.9. The van der Waals surface area contributed by atoms with Crippen molar-refractivity contribution in [2.45, 2.75) is 45.6 Å². The Morgan fingerprint density at radius 2 is 2.04 bits per heavy atom. The highest BCUT2D eigenvalue weighted by atomic mass is 16.1. The third-order valence-corrected chi connectivity index (χ3v) is 5.51. The van der Waals surface area contributed by atoms with E-state index < -0.39 is 0 Å². The fourth-order valence-corrected chi connectivity index (χ4v) is 3.87. The molecule has 0 amide bonds. The number of imidazole rings is 1. The molecule has 0 aliphatic carbocycles. The molecular formula is C20H28N4O. The van der Waals surface area contributed by atoms with Crippen LogP contribution in [0.5, 0.6) is 0 Å². The lowest BCUT2D eigenvalue weighted by Crippen LogP contribution is -2.45. The monoisotopic (exact) mass is 340 g/mol. The van der Waals surface area contributed by atoms with E-state index >= 15 is 0 Å². The van der Waals surface area contributed by atoms with E-state index in [0.29, 0.717) is 18.2 Å². The first-order chi connectivity index (χ1) is 12.0. The SMILES string of the molecule is CC(C)N1CCC(CC(=O)c2cncn2C)(Cc2ccccn2)CC1. The van der Waals surface area contributed by atoms with Gasteiger partial charge in [0.1, 0.15) is 5.69 Å². The molecule has 1 aliphatic heterocycles. The summed E-state index contributed by atoms with van der Waals surface area (Å²) in [4.78, 5) is 24.0. The van der Waals surface area contributed by atoms with Gasteiger partial charge in [0.05, 0.1) is 12.5 Å². The van der Waals surface area contributed by atoms with E-state index in [2.05, 4.69) is 34.8 Å². The van der Waals surface area contributed by atoms with E-state index in [9.17, 15) is 4.79 Å². The standard InChI is InChI=1S/C20H28N4O/c1-16(2)24-10-7-20(8-11-24,12-17-6-4-5-9-22-17)13-19(25)18-14-21-15-23(18)3/h4-6,9,14-16H,7-8,10-13H2,1-3H3. The molecule has 0 N–H and O–H groups in total. The molecule has 0 aromatic carbocycles. The molecule has 3 rings (SSSR count). The van der Waals surface area contributed by atoms with Crippen molar-refractivity contribution in [3.63, 3.8) is 0 Å². The number of likely N-dealkylation sites (tertiary alicyclic amines) is 1. The van der Waals surface area contributed by atoms with Gasteiger partial charge in [-0.1, -0.05) is 6.07 Å². The predicted molar refractivity (Wildman–Crippen MR) is 98.5 cm³/mol. The van der Waals surface area contributed by atoms with Gasteiger partial charge < -0.3 is 9.47 Å². The molecule has 1 aliphatic rings. The van der Waals surface area contributed by atoms with E-state index in [1.54, 1.807) is 12.5 Å². The van der Waals surface area contributed by atoms with Crippen molar-refractivity contribution < 1.29 is 4.79 Å². The third-order valence-electron chi connectivity index (χ3n) is 5.51. The number of piperidine rings is 1. The maximum absolute atomic E-state index is 12.9. The first-order valence-electron chi connectivity index (χ1n) is 9.13. The first-order valence-corrected chi connectivity index (χ1v) is 9.13. The molecule has 25 heavy (non-hydrogen) atoms. The van der Waals surface area contributed by atoms with Crippen LogP contribution in [0.4, 0.5) is 0 Å². The Kier molecular flexibility index (Phi) is 5.33. The lowest BCUT2D eigenvalue weighted by atomic mass is 9.71. The molecule has 5 nitrogen and oxygen atoms in total. The van der Waals surface area contributed by atoms with Crippen LogP contribution in [0.15, 0.2) is 36.9 Å². The molecule has 0 atom stereocenters. The zero-order valence-corrected chi connectivity index (χ0v) is 15.5. The molecule has 5 heteroatoms. The maximum Gasteiger partial charge on any atom is 0.181 e. The molecule has 2 aromatic heterocycles. The Labute approximate surface area is 150 Å². The van der Waals surface area contributed by atoms with Gasteiger partial charge in [-0.2, -0.15) is 0 Å². The van der Waals surface area contributed by atoms with Crippen LogP contribution in [0.2, 0.25) is 0 Å². The average molecular weight is 340 g/mol. The van der Waals surface area contributed by atoms with Crippen LogP contribution in [0.3, 0.4) is 0 Å². The van der Waals surface area contributed by atoms with Gasteiger partial charge in [-0.15, -0.1) is 0 Å². The fourth-order valence-electron chi connectivity index (χ4n) is 3.87. The summed E-state index contributed by atoms with van der Waals surface area (Å²) < 4.78 is 1.82. The van der Waals surface area contributed by atoms with Gasteiger partial charge in [-0.3, -0.25) is 9.78 Å². The van der Waals surface area contributed by atoms with Crippen molar-refractivity contribution in [1.29, 1.82) is 0 Å². The number of hydrogen-bond donors (Lipinski definition) is 0. The molecule has 0 bridgehead atoms. The van der Waals surface area contributed by atoms with Gasteiger partial charge in [0.25, 0.3) is 0 Å². The van der Waals surface area contributed by atoms with E-state index in [1.807, 2.05) is 29.9 Å². The van der Waals surface area contributed by atoms with E-state index in [4.69, 9.17) is 0 Å². The molecule has 2 aromatic rings. The minimum atomic E-state index is -0.0128. The average Bonchev–Trinajstić information content (AvgIpc) is 3.02. The Hall–Kier alpha value is -2.01. The van der Waals surface area contributed by atoms with Gasteiger partial charge in [0.2, 0.25) is 0 Å². The van der Waals surface area contributed by atoms with Crippen LogP contribution in [0.1, 0.15) is 49.3 Å². The van der Waals surface area contributed by atoms with E-state index in [0.717, 1.165) is 38.0 Å². The minimum Gasteiger partial charge on any atom is -0.331 e. The highest BCUT2D eigenvalue weighted by Gasteiger charge is 2.38. The van der Waals surface area contributed by atoms with Crippen LogP contribution in [0, 0.1) is 5.41 Å². The van der Waals surface area contributed by atoms with E-state index in [-0.39, 0.29) is 11.2 Å². The number of aryl methyl sites for hydroxylation is 1. The summed E-state index contributed by atoms with van der Waals surface area (Å²) in [5.74, 6) is 0.189. The van der Waals surface area contributed by atoms with Gasteiger partial charge >= 0.3 is 0 Å². The summed E-state index contributed by atoms with van der Waals surface area (Å²) in [5.41, 5.74) is 1.77. The quantitative estimate of drug-likeness (QED) is 0.758. The Morgan fingerprint density at radius 3 is 2.60 bits per heavy atom. The van der Waals surface area contributed by atoms with Gasteiger partial charge in [-0.05, 0) is 63.7 Å². The Balaban J connectivity index is 1.80. The molecule has 1 saturated heterocycles. The van der Waals surface area contributed by atoms with Gasteiger partial charge in [0.15, 0.2) is 5.78 Å². The van der Waals surface area contributed by atoms with E-state index in [1.165, 1.54) is 0 Å². The van der Waals surface area contributed by atoms with Crippen molar-refractivity contribution in [3.05, 3.63) is 48.3 Å². The summed E-state index contributed by atoms with van der Waals surface area (Å²) in [6.45, 7) is 6.57. The molecule has 0 spiro atoms. The zero-order chi connectivity index (χ0) is 17.9. The zero-order valence-electron chi connectivity index (χ0n) is 15.5. The summed E-state index contributed by atoms with van der Waals surface area (Å²) in [7, 11) is 1.88. The van der Waals surface area contributed by atoms with Crippen molar-refractivity contribution in [2.24, 2.45) is 12.5 Å². The second-order valence-electron chi connectivity index (χ2n) is 7.62. The summed E-state index contributed by atoms with van der Waals surface area (Å²) >= 11 is 0. The molecule has 134 valence electrons. The molecule has 1 fully saturated rings. The third kappa shape index (κ3) is 4.15. The van der Waals surface area contributed by atoms with Crippen molar-refractivity contribution in [3.8, 4) is 0 Å². The van der Waals surface area contributed by atoms with Crippen LogP contribution in [-0.4, -0.2) is 44.3 Å². The highest BCUT2D eigenvalue weighted by molar-refractivity contribution is 5.94. The first kappa shape index (κ1) is 17.8. The Bertz CT molecular complexity index is 699. The largest absolute Gasteiger partial charge is 0.331 e. The number of aromatic nitrogens is 3. The molecule has 0 saturated carbocycles. The van der Waals surface area contributed by atoms with Crippen molar-refractivity contribution in [2.75, 3.05) is 13.1 Å². The lowest BCUT2D eigenvalue weighted by molar-refractivity contribution is 0.0626. The second-order valence-corrected chi connectivity index (χ2v) is 7.62. The lowest BCUT2D eigenvalue weighted by Gasteiger charge is -2.43. The molecule has 0 radical (unpaired) electrons. The number of hydrogen-bond acceptors (Lipinski definition) is 4. The fraction of sp³-hybridized carbons (Fsp3) is 0.550. The van der Waals surface area contributed by atoms with Gasteiger partial charge in [-0.25, -0.2) is 4.98 Å². The number of pyridine rings is 1.